The van der Waals surface area contributed by atoms with E-state index in [9.17, 15) is 4.79 Å². The van der Waals surface area contributed by atoms with Crippen molar-refractivity contribution < 1.29 is 9.53 Å². The van der Waals surface area contributed by atoms with E-state index in [4.69, 9.17) is 27.9 Å². The van der Waals surface area contributed by atoms with E-state index in [2.05, 4.69) is 10.2 Å². The van der Waals surface area contributed by atoms with Crippen LogP contribution < -0.4 is 10.1 Å². The molecule has 1 amide bonds. The lowest BCUT2D eigenvalue weighted by molar-refractivity contribution is -0.121. The van der Waals surface area contributed by atoms with Crippen LogP contribution in [0.3, 0.4) is 0 Å². The molecule has 0 saturated carbocycles. The SMILES string of the molecule is O=C(Nc1ccccc1Oc1ccccc1)[C@@H]1CCCN(Cc2ccc(Cl)cc2Cl)C1. The zero-order chi connectivity index (χ0) is 21.6. The van der Waals surface area contributed by atoms with Gasteiger partial charge in [-0.25, -0.2) is 0 Å². The molecule has 160 valence electrons. The molecule has 1 N–H and O–H groups in total. The summed E-state index contributed by atoms with van der Waals surface area (Å²) in [6.07, 6.45) is 1.82. The summed E-state index contributed by atoms with van der Waals surface area (Å²) < 4.78 is 5.97. The van der Waals surface area contributed by atoms with Crippen molar-refractivity contribution in [3.05, 3.63) is 88.4 Å². The lowest BCUT2D eigenvalue weighted by Crippen LogP contribution is -2.40. The lowest BCUT2D eigenvalue weighted by Gasteiger charge is -2.32. The average molecular weight is 455 g/mol. The van der Waals surface area contributed by atoms with Gasteiger partial charge in [-0.15, -0.1) is 0 Å². The highest BCUT2D eigenvalue weighted by atomic mass is 35.5. The Morgan fingerprint density at radius 3 is 2.61 bits per heavy atom. The Balaban J connectivity index is 1.41. The van der Waals surface area contributed by atoms with Crippen LogP contribution in [0.5, 0.6) is 11.5 Å². The van der Waals surface area contributed by atoms with Crippen molar-refractivity contribution in [1.82, 2.24) is 4.90 Å². The number of rotatable bonds is 6. The summed E-state index contributed by atoms with van der Waals surface area (Å²) in [6, 6.07) is 22.6. The van der Waals surface area contributed by atoms with Gasteiger partial charge in [-0.05, 0) is 61.3 Å². The maximum Gasteiger partial charge on any atom is 0.228 e. The normalized spacial score (nSPS) is 16.6. The van der Waals surface area contributed by atoms with Crippen molar-refractivity contribution in [2.75, 3.05) is 18.4 Å². The molecule has 0 radical (unpaired) electrons. The molecule has 0 bridgehead atoms. The number of carbonyl (C=O) groups is 1. The van der Waals surface area contributed by atoms with Gasteiger partial charge in [-0.2, -0.15) is 0 Å². The summed E-state index contributed by atoms with van der Waals surface area (Å²) in [5, 5.41) is 4.35. The van der Waals surface area contributed by atoms with E-state index in [0.717, 1.165) is 30.7 Å². The zero-order valence-electron chi connectivity index (χ0n) is 17.1. The number of halogens is 2. The Kier molecular flexibility index (Phi) is 7.13. The smallest absolute Gasteiger partial charge is 0.228 e. The van der Waals surface area contributed by atoms with Gasteiger partial charge < -0.3 is 10.1 Å². The highest BCUT2D eigenvalue weighted by Crippen LogP contribution is 2.30. The van der Waals surface area contributed by atoms with Gasteiger partial charge in [0.1, 0.15) is 5.75 Å². The van der Waals surface area contributed by atoms with Crippen molar-refractivity contribution in [3.8, 4) is 11.5 Å². The van der Waals surface area contributed by atoms with Gasteiger partial charge in [0.05, 0.1) is 11.6 Å². The third-order valence-electron chi connectivity index (χ3n) is 5.40. The summed E-state index contributed by atoms with van der Waals surface area (Å²) in [7, 11) is 0. The summed E-state index contributed by atoms with van der Waals surface area (Å²) >= 11 is 12.3. The third-order valence-corrected chi connectivity index (χ3v) is 5.99. The van der Waals surface area contributed by atoms with Crippen LogP contribution in [-0.2, 0) is 11.3 Å². The van der Waals surface area contributed by atoms with Gasteiger partial charge in [-0.1, -0.05) is 59.6 Å². The van der Waals surface area contributed by atoms with Crippen LogP contribution in [-0.4, -0.2) is 23.9 Å². The molecule has 1 saturated heterocycles. The number of piperidine rings is 1. The minimum absolute atomic E-state index is 0.0102. The maximum absolute atomic E-state index is 13.0. The van der Waals surface area contributed by atoms with Gasteiger partial charge in [0, 0.05) is 23.1 Å². The number of nitrogens with one attached hydrogen (secondary N) is 1. The molecule has 6 heteroatoms. The molecular weight excluding hydrogens is 431 g/mol. The van der Waals surface area contributed by atoms with Gasteiger partial charge >= 0.3 is 0 Å². The second kappa shape index (κ2) is 10.2. The van der Waals surface area contributed by atoms with Crippen LogP contribution in [0, 0.1) is 5.92 Å². The predicted octanol–water partition coefficient (Wildman–Crippen LogP) is 6.64. The van der Waals surface area contributed by atoms with Gasteiger partial charge in [-0.3, -0.25) is 9.69 Å². The Morgan fingerprint density at radius 2 is 1.81 bits per heavy atom. The Labute approximate surface area is 192 Å². The number of ether oxygens (including phenoxy) is 1. The fourth-order valence-electron chi connectivity index (χ4n) is 3.81. The molecule has 0 unspecified atom stereocenters. The number of carbonyl (C=O) groups excluding carboxylic acids is 1. The summed E-state index contributed by atoms with van der Waals surface area (Å²) in [5.74, 6) is 1.27. The second-order valence-electron chi connectivity index (χ2n) is 7.71. The Morgan fingerprint density at radius 1 is 1.03 bits per heavy atom. The number of likely N-dealkylation sites (tertiary alicyclic amines) is 1. The van der Waals surface area contributed by atoms with Crippen molar-refractivity contribution in [2.45, 2.75) is 19.4 Å². The number of hydrogen-bond donors (Lipinski definition) is 1. The molecule has 1 heterocycles. The topological polar surface area (TPSA) is 41.6 Å². The minimum Gasteiger partial charge on any atom is -0.455 e. The second-order valence-corrected chi connectivity index (χ2v) is 8.55. The van der Waals surface area contributed by atoms with Crippen LogP contribution in [0.2, 0.25) is 10.0 Å². The molecule has 1 atom stereocenters. The maximum atomic E-state index is 13.0. The lowest BCUT2D eigenvalue weighted by atomic mass is 9.96. The Bertz CT molecular complexity index is 1040. The van der Waals surface area contributed by atoms with E-state index in [1.807, 2.05) is 66.7 Å². The van der Waals surface area contributed by atoms with E-state index in [-0.39, 0.29) is 11.8 Å². The number of hydrogen-bond acceptors (Lipinski definition) is 3. The number of benzene rings is 3. The molecule has 0 aromatic heterocycles. The predicted molar refractivity (Wildman–Crippen MR) is 126 cm³/mol. The van der Waals surface area contributed by atoms with Gasteiger partial charge in [0.2, 0.25) is 5.91 Å². The monoisotopic (exact) mass is 454 g/mol. The summed E-state index contributed by atoms with van der Waals surface area (Å²) in [4.78, 5) is 15.3. The van der Waals surface area contributed by atoms with E-state index in [0.29, 0.717) is 34.6 Å². The van der Waals surface area contributed by atoms with Crippen molar-refractivity contribution in [1.29, 1.82) is 0 Å². The number of amides is 1. The molecule has 0 aliphatic carbocycles. The molecule has 1 aliphatic heterocycles. The van der Waals surface area contributed by atoms with Crippen LogP contribution in [0.4, 0.5) is 5.69 Å². The van der Waals surface area contributed by atoms with Crippen molar-refractivity contribution >= 4 is 34.8 Å². The van der Waals surface area contributed by atoms with Gasteiger partial charge in [0.15, 0.2) is 5.75 Å². The summed E-state index contributed by atoms with van der Waals surface area (Å²) in [6.45, 7) is 2.33. The van der Waals surface area contributed by atoms with E-state index in [1.165, 1.54) is 0 Å². The van der Waals surface area contributed by atoms with Crippen LogP contribution in [0.25, 0.3) is 0 Å². The fourth-order valence-corrected chi connectivity index (χ4v) is 4.28. The molecule has 0 spiro atoms. The van der Waals surface area contributed by atoms with Crippen molar-refractivity contribution in [2.24, 2.45) is 5.92 Å². The molecule has 1 aliphatic rings. The largest absolute Gasteiger partial charge is 0.455 e. The molecular formula is C25H24Cl2N2O2. The number of nitrogens with zero attached hydrogens (tertiary/aromatic N) is 1. The van der Waals surface area contributed by atoms with Gasteiger partial charge in [0.25, 0.3) is 0 Å². The third kappa shape index (κ3) is 5.79. The van der Waals surface area contributed by atoms with E-state index in [1.54, 1.807) is 6.07 Å². The fraction of sp³-hybridized carbons (Fsp3) is 0.240. The first kappa shape index (κ1) is 21.7. The first-order valence-corrected chi connectivity index (χ1v) is 11.1. The molecule has 3 aromatic carbocycles. The summed E-state index contributed by atoms with van der Waals surface area (Å²) in [5.41, 5.74) is 1.70. The number of para-hydroxylation sites is 3. The first-order chi connectivity index (χ1) is 15.1. The highest BCUT2D eigenvalue weighted by Gasteiger charge is 2.26. The molecule has 31 heavy (non-hydrogen) atoms. The van der Waals surface area contributed by atoms with Crippen LogP contribution in [0.1, 0.15) is 18.4 Å². The minimum atomic E-state index is -0.0930. The quantitative estimate of drug-likeness (QED) is 0.453. The number of anilines is 1. The van der Waals surface area contributed by atoms with Crippen LogP contribution in [0.15, 0.2) is 72.8 Å². The molecule has 4 rings (SSSR count). The standard InChI is InChI=1S/C25H24Cl2N2O2/c26-20-13-12-18(22(27)15-20)16-29-14-6-7-19(17-29)25(30)28-23-10-4-5-11-24(23)31-21-8-2-1-3-9-21/h1-5,8-13,15,19H,6-7,14,16-17H2,(H,28,30)/t19-/m1/s1. The molecule has 4 nitrogen and oxygen atoms in total. The zero-order valence-corrected chi connectivity index (χ0v) is 18.6. The van der Waals surface area contributed by atoms with Crippen LogP contribution >= 0.6 is 23.2 Å². The molecule has 1 fully saturated rings. The van der Waals surface area contributed by atoms with E-state index < -0.39 is 0 Å². The molecule has 3 aromatic rings. The Hall–Kier alpha value is -2.53. The van der Waals surface area contributed by atoms with E-state index >= 15 is 0 Å². The first-order valence-electron chi connectivity index (χ1n) is 10.4. The van der Waals surface area contributed by atoms with Crippen molar-refractivity contribution in [3.63, 3.8) is 0 Å². The highest BCUT2D eigenvalue weighted by molar-refractivity contribution is 6.35. The average Bonchev–Trinajstić information content (AvgIpc) is 2.78.